The largest absolute Gasteiger partial charge is 0.397 e. The van der Waals surface area contributed by atoms with Gasteiger partial charge in [-0.25, -0.2) is 4.98 Å². The molecule has 0 aliphatic carbocycles. The molecule has 0 saturated carbocycles. The average Bonchev–Trinajstić information content (AvgIpc) is 2.90. The first-order valence-electron chi connectivity index (χ1n) is 7.01. The molecule has 20 heavy (non-hydrogen) atoms. The minimum atomic E-state index is 0.696. The van der Waals surface area contributed by atoms with Crippen molar-refractivity contribution >= 4 is 5.69 Å². The number of aromatic nitrogens is 2. The molecular formula is C15H21N5. The highest BCUT2D eigenvalue weighted by Crippen LogP contribution is 2.14. The van der Waals surface area contributed by atoms with E-state index in [0.717, 1.165) is 38.5 Å². The normalized spacial score (nSPS) is 17.4. The molecule has 0 radical (unpaired) electrons. The monoisotopic (exact) mass is 271 g/mol. The van der Waals surface area contributed by atoms with Crippen LogP contribution in [0.4, 0.5) is 5.69 Å². The molecule has 2 aromatic rings. The summed E-state index contributed by atoms with van der Waals surface area (Å²) in [7, 11) is 2.18. The van der Waals surface area contributed by atoms with Gasteiger partial charge in [0.05, 0.1) is 11.9 Å². The van der Waals surface area contributed by atoms with E-state index in [9.17, 15) is 0 Å². The number of anilines is 1. The summed E-state index contributed by atoms with van der Waals surface area (Å²) >= 11 is 0. The Morgan fingerprint density at radius 2 is 1.95 bits per heavy atom. The number of piperazine rings is 1. The van der Waals surface area contributed by atoms with Crippen molar-refractivity contribution in [2.75, 3.05) is 39.0 Å². The van der Waals surface area contributed by atoms with Gasteiger partial charge in [0.1, 0.15) is 5.82 Å². The third-order valence-corrected chi connectivity index (χ3v) is 3.83. The van der Waals surface area contributed by atoms with Gasteiger partial charge in [0.25, 0.3) is 0 Å². The standard InChI is InChI=1S/C15H21N5/c1-18-7-9-19(10-8-18)12-14-3-2-6-20(14)15-5-4-13(16)11-17-15/h2-6,11H,7-10,12,16H2,1H3. The van der Waals surface area contributed by atoms with Crippen molar-refractivity contribution in [1.82, 2.24) is 19.4 Å². The fourth-order valence-electron chi connectivity index (χ4n) is 2.54. The molecule has 1 aliphatic heterocycles. The number of nitrogens with two attached hydrogens (primary N) is 1. The first-order valence-corrected chi connectivity index (χ1v) is 7.01. The fourth-order valence-corrected chi connectivity index (χ4v) is 2.54. The molecule has 5 heteroatoms. The first kappa shape index (κ1) is 13.1. The van der Waals surface area contributed by atoms with E-state index in [4.69, 9.17) is 5.73 Å². The van der Waals surface area contributed by atoms with Crippen LogP contribution in [0.5, 0.6) is 0 Å². The van der Waals surface area contributed by atoms with Crippen LogP contribution in [0.15, 0.2) is 36.7 Å². The van der Waals surface area contributed by atoms with Crippen molar-refractivity contribution in [3.8, 4) is 5.82 Å². The second kappa shape index (κ2) is 5.64. The van der Waals surface area contributed by atoms with Gasteiger partial charge < -0.3 is 15.2 Å². The Hall–Kier alpha value is -1.85. The third-order valence-electron chi connectivity index (χ3n) is 3.83. The Labute approximate surface area is 119 Å². The van der Waals surface area contributed by atoms with E-state index >= 15 is 0 Å². The van der Waals surface area contributed by atoms with Crippen LogP contribution in [-0.4, -0.2) is 52.6 Å². The molecule has 3 rings (SSSR count). The van der Waals surface area contributed by atoms with Gasteiger partial charge in [0.2, 0.25) is 0 Å². The minimum absolute atomic E-state index is 0.696. The maximum atomic E-state index is 5.70. The molecule has 5 nitrogen and oxygen atoms in total. The van der Waals surface area contributed by atoms with Crippen molar-refractivity contribution < 1.29 is 0 Å². The number of hydrogen-bond acceptors (Lipinski definition) is 4. The summed E-state index contributed by atoms with van der Waals surface area (Å²) in [5.41, 5.74) is 7.66. The molecule has 1 fully saturated rings. The lowest BCUT2D eigenvalue weighted by Gasteiger charge is -2.32. The smallest absolute Gasteiger partial charge is 0.136 e. The molecule has 1 aliphatic rings. The zero-order valence-corrected chi connectivity index (χ0v) is 11.9. The zero-order valence-electron chi connectivity index (χ0n) is 11.9. The van der Waals surface area contributed by atoms with E-state index in [1.807, 2.05) is 12.1 Å². The lowest BCUT2D eigenvalue weighted by atomic mass is 10.3. The molecular weight excluding hydrogens is 250 g/mol. The van der Waals surface area contributed by atoms with Gasteiger partial charge in [0, 0.05) is 44.6 Å². The van der Waals surface area contributed by atoms with Crippen LogP contribution in [0, 0.1) is 0 Å². The summed E-state index contributed by atoms with van der Waals surface area (Å²) in [4.78, 5) is 9.26. The maximum absolute atomic E-state index is 5.70. The molecule has 106 valence electrons. The molecule has 2 N–H and O–H groups in total. The van der Waals surface area contributed by atoms with Gasteiger partial charge in [-0.2, -0.15) is 0 Å². The van der Waals surface area contributed by atoms with Crippen molar-refractivity contribution in [3.05, 3.63) is 42.4 Å². The van der Waals surface area contributed by atoms with Gasteiger partial charge in [-0.3, -0.25) is 4.90 Å². The molecule has 0 bridgehead atoms. The molecule has 0 aromatic carbocycles. The summed E-state index contributed by atoms with van der Waals surface area (Å²) in [5, 5.41) is 0. The van der Waals surface area contributed by atoms with Crippen molar-refractivity contribution in [2.24, 2.45) is 0 Å². The SMILES string of the molecule is CN1CCN(Cc2cccn2-c2ccc(N)cn2)CC1. The highest BCUT2D eigenvalue weighted by atomic mass is 15.3. The molecule has 0 spiro atoms. The number of nitrogens with zero attached hydrogens (tertiary/aromatic N) is 4. The Kier molecular flexibility index (Phi) is 3.71. The molecule has 0 atom stereocenters. The topological polar surface area (TPSA) is 50.3 Å². The molecule has 2 aromatic heterocycles. The van der Waals surface area contributed by atoms with Crippen LogP contribution in [0.1, 0.15) is 5.69 Å². The predicted molar refractivity (Wildman–Crippen MR) is 80.8 cm³/mol. The summed E-state index contributed by atoms with van der Waals surface area (Å²) < 4.78 is 2.14. The van der Waals surface area contributed by atoms with E-state index in [2.05, 4.69) is 44.7 Å². The number of nitrogen functional groups attached to an aromatic ring is 1. The second-order valence-corrected chi connectivity index (χ2v) is 5.40. The number of hydrogen-bond donors (Lipinski definition) is 1. The summed E-state index contributed by atoms with van der Waals surface area (Å²) in [6, 6.07) is 8.09. The number of pyridine rings is 1. The fraction of sp³-hybridized carbons (Fsp3) is 0.400. The van der Waals surface area contributed by atoms with Crippen LogP contribution in [0.2, 0.25) is 0 Å². The molecule has 0 amide bonds. The van der Waals surface area contributed by atoms with Gasteiger partial charge in [-0.15, -0.1) is 0 Å². The summed E-state index contributed by atoms with van der Waals surface area (Å²) in [6.45, 7) is 5.49. The number of rotatable bonds is 3. The van der Waals surface area contributed by atoms with Crippen LogP contribution >= 0.6 is 0 Å². The van der Waals surface area contributed by atoms with Crippen molar-refractivity contribution in [1.29, 1.82) is 0 Å². The maximum Gasteiger partial charge on any atom is 0.136 e. The van der Waals surface area contributed by atoms with Crippen molar-refractivity contribution in [2.45, 2.75) is 6.54 Å². The Bertz CT molecular complexity index is 552. The number of likely N-dealkylation sites (N-methyl/N-ethyl adjacent to an activating group) is 1. The third kappa shape index (κ3) is 2.84. The molecule has 0 unspecified atom stereocenters. The van der Waals surface area contributed by atoms with Crippen molar-refractivity contribution in [3.63, 3.8) is 0 Å². The highest BCUT2D eigenvalue weighted by Gasteiger charge is 2.15. The second-order valence-electron chi connectivity index (χ2n) is 5.40. The van der Waals surface area contributed by atoms with Gasteiger partial charge in [-0.05, 0) is 31.3 Å². The van der Waals surface area contributed by atoms with Crippen LogP contribution in [-0.2, 0) is 6.54 Å². The predicted octanol–water partition coefficient (Wildman–Crippen LogP) is 1.20. The molecule has 1 saturated heterocycles. The summed E-state index contributed by atoms with van der Waals surface area (Å²) in [6.07, 6.45) is 3.76. The van der Waals surface area contributed by atoms with Crippen LogP contribution < -0.4 is 5.73 Å². The minimum Gasteiger partial charge on any atom is -0.397 e. The quantitative estimate of drug-likeness (QED) is 0.911. The lowest BCUT2D eigenvalue weighted by molar-refractivity contribution is 0.146. The van der Waals surface area contributed by atoms with Gasteiger partial charge in [-0.1, -0.05) is 0 Å². The van der Waals surface area contributed by atoms with E-state index < -0.39 is 0 Å². The van der Waals surface area contributed by atoms with E-state index in [-0.39, 0.29) is 0 Å². The van der Waals surface area contributed by atoms with E-state index in [0.29, 0.717) is 5.69 Å². The highest BCUT2D eigenvalue weighted by molar-refractivity contribution is 5.39. The Morgan fingerprint density at radius 3 is 2.65 bits per heavy atom. The van der Waals surface area contributed by atoms with E-state index in [1.54, 1.807) is 6.20 Å². The Morgan fingerprint density at radius 1 is 1.15 bits per heavy atom. The van der Waals surface area contributed by atoms with Crippen LogP contribution in [0.3, 0.4) is 0 Å². The van der Waals surface area contributed by atoms with Crippen LogP contribution in [0.25, 0.3) is 5.82 Å². The Balaban J connectivity index is 1.75. The zero-order chi connectivity index (χ0) is 13.9. The first-order chi connectivity index (χ1) is 9.72. The van der Waals surface area contributed by atoms with Gasteiger partial charge in [0.15, 0.2) is 0 Å². The lowest BCUT2D eigenvalue weighted by Crippen LogP contribution is -2.44. The summed E-state index contributed by atoms with van der Waals surface area (Å²) in [5.74, 6) is 0.924. The van der Waals surface area contributed by atoms with E-state index in [1.165, 1.54) is 5.69 Å². The average molecular weight is 271 g/mol. The van der Waals surface area contributed by atoms with Gasteiger partial charge >= 0.3 is 0 Å². The molecule has 3 heterocycles.